The van der Waals surface area contributed by atoms with E-state index in [2.05, 4.69) is 57.0 Å². The average Bonchev–Trinajstić information content (AvgIpc) is 2.43. The largest absolute Gasteiger partial charge is 0.491 e. The van der Waals surface area contributed by atoms with Crippen LogP contribution in [0.1, 0.15) is 52.6 Å². The molecule has 0 aliphatic heterocycles. The van der Waals surface area contributed by atoms with E-state index in [1.54, 1.807) is 0 Å². The highest BCUT2D eigenvalue weighted by Gasteiger charge is 2.14. The molecule has 1 aromatic carbocycles. The Morgan fingerprint density at radius 1 is 1.05 bits per heavy atom. The number of nitrogens with two attached hydrogens (primary N) is 1. The molecule has 0 spiro atoms. The van der Waals surface area contributed by atoms with Gasteiger partial charge in [0, 0.05) is 12.1 Å². The van der Waals surface area contributed by atoms with Crippen molar-refractivity contribution in [1.29, 1.82) is 0 Å². The lowest BCUT2D eigenvalue weighted by molar-refractivity contribution is 0.238. The molecule has 0 aliphatic rings. The predicted octanol–water partition coefficient (Wildman–Crippen LogP) is 3.84. The maximum atomic E-state index is 6.13. The molecule has 2 atom stereocenters. The Morgan fingerprint density at radius 3 is 2.10 bits per heavy atom. The van der Waals surface area contributed by atoms with E-state index in [0.717, 1.165) is 18.7 Å². The van der Waals surface area contributed by atoms with Crippen LogP contribution in [0, 0.1) is 5.92 Å². The summed E-state index contributed by atoms with van der Waals surface area (Å²) in [5.74, 6) is 1.48. The topological polar surface area (TPSA) is 38.5 Å². The van der Waals surface area contributed by atoms with E-state index in [0.29, 0.717) is 12.0 Å². The molecular weight excluding hydrogens is 260 g/mol. The first-order valence-corrected chi connectivity index (χ1v) is 8.03. The summed E-state index contributed by atoms with van der Waals surface area (Å²) in [7, 11) is 2.16. The third-order valence-electron chi connectivity index (χ3n) is 4.07. The monoisotopic (exact) mass is 292 g/mol. The highest BCUT2D eigenvalue weighted by Crippen LogP contribution is 2.22. The fraction of sp³-hybridized carbons (Fsp3) is 0.667. The quantitative estimate of drug-likeness (QED) is 0.791. The minimum Gasteiger partial charge on any atom is -0.491 e. The van der Waals surface area contributed by atoms with Crippen molar-refractivity contribution >= 4 is 0 Å². The predicted molar refractivity (Wildman–Crippen MR) is 90.7 cm³/mol. The molecule has 0 amide bonds. The lowest BCUT2D eigenvalue weighted by Gasteiger charge is -2.27. The van der Waals surface area contributed by atoms with E-state index in [1.165, 1.54) is 5.56 Å². The minimum absolute atomic E-state index is 0.216. The number of hydrogen-bond donors (Lipinski definition) is 1. The van der Waals surface area contributed by atoms with Gasteiger partial charge in [-0.05, 0) is 64.4 Å². The van der Waals surface area contributed by atoms with Gasteiger partial charge in [-0.25, -0.2) is 0 Å². The Morgan fingerprint density at radius 2 is 1.62 bits per heavy atom. The first-order chi connectivity index (χ1) is 9.81. The molecule has 3 heteroatoms. The van der Waals surface area contributed by atoms with Crippen LogP contribution in [0.15, 0.2) is 24.3 Å². The molecule has 1 aromatic rings. The number of ether oxygens (including phenoxy) is 1. The summed E-state index contributed by atoms with van der Waals surface area (Å²) in [6, 6.07) is 9.08. The van der Waals surface area contributed by atoms with E-state index in [1.807, 2.05) is 13.8 Å². The number of rotatable bonds is 8. The standard InChI is InChI=1S/C18H32N2O/c1-13(2)18(19)11-12-20(6)15(5)16-7-9-17(10-8-16)21-14(3)4/h7-10,13-15,18H,11-12,19H2,1-6H3. The van der Waals surface area contributed by atoms with Gasteiger partial charge in [0.05, 0.1) is 6.10 Å². The molecule has 0 aliphatic carbocycles. The summed E-state index contributed by atoms with van der Waals surface area (Å²) in [6.07, 6.45) is 1.25. The highest BCUT2D eigenvalue weighted by atomic mass is 16.5. The van der Waals surface area contributed by atoms with Gasteiger partial charge in [-0.3, -0.25) is 4.90 Å². The van der Waals surface area contributed by atoms with Crippen LogP contribution >= 0.6 is 0 Å². The number of hydrogen-bond acceptors (Lipinski definition) is 3. The van der Waals surface area contributed by atoms with Gasteiger partial charge in [0.25, 0.3) is 0 Å². The lowest BCUT2D eigenvalue weighted by atomic mass is 10.0. The molecule has 0 saturated heterocycles. The molecule has 0 fully saturated rings. The van der Waals surface area contributed by atoms with Crippen molar-refractivity contribution in [3.63, 3.8) is 0 Å². The zero-order chi connectivity index (χ0) is 16.0. The summed E-state index contributed by atoms with van der Waals surface area (Å²) in [5, 5.41) is 0. The van der Waals surface area contributed by atoms with Crippen LogP contribution < -0.4 is 10.5 Å². The Kier molecular flexibility index (Phi) is 7.20. The maximum absolute atomic E-state index is 6.13. The molecule has 2 N–H and O–H groups in total. The Bertz CT molecular complexity index is 400. The molecule has 0 saturated carbocycles. The summed E-state index contributed by atoms with van der Waals surface area (Å²) >= 11 is 0. The Balaban J connectivity index is 2.55. The molecular formula is C18H32N2O. The van der Waals surface area contributed by atoms with Gasteiger partial charge in [-0.15, -0.1) is 0 Å². The van der Waals surface area contributed by atoms with Crippen LogP contribution in [-0.4, -0.2) is 30.6 Å². The molecule has 2 unspecified atom stereocenters. The summed E-state index contributed by atoms with van der Waals surface area (Å²) in [5.41, 5.74) is 7.44. The third-order valence-corrected chi connectivity index (χ3v) is 4.07. The van der Waals surface area contributed by atoms with Gasteiger partial charge in [-0.1, -0.05) is 26.0 Å². The van der Waals surface area contributed by atoms with E-state index < -0.39 is 0 Å². The van der Waals surface area contributed by atoms with Crippen molar-refractivity contribution in [3.05, 3.63) is 29.8 Å². The SMILES string of the molecule is CC(C)Oc1ccc(C(C)N(C)CCC(N)C(C)C)cc1. The second-order valence-electron chi connectivity index (χ2n) is 6.59. The third kappa shape index (κ3) is 6.06. The maximum Gasteiger partial charge on any atom is 0.119 e. The molecule has 0 radical (unpaired) electrons. The number of benzene rings is 1. The van der Waals surface area contributed by atoms with E-state index in [-0.39, 0.29) is 12.1 Å². The van der Waals surface area contributed by atoms with Gasteiger partial charge >= 0.3 is 0 Å². The van der Waals surface area contributed by atoms with Crippen LogP contribution in [0.5, 0.6) is 5.75 Å². The van der Waals surface area contributed by atoms with Crippen molar-refractivity contribution in [2.75, 3.05) is 13.6 Å². The van der Waals surface area contributed by atoms with Crippen molar-refractivity contribution in [2.24, 2.45) is 11.7 Å². The van der Waals surface area contributed by atoms with Crippen LogP contribution in [0.2, 0.25) is 0 Å². The molecule has 21 heavy (non-hydrogen) atoms. The van der Waals surface area contributed by atoms with Crippen molar-refractivity contribution in [3.8, 4) is 5.75 Å². The second kappa shape index (κ2) is 8.40. The van der Waals surface area contributed by atoms with Crippen molar-refractivity contribution in [2.45, 2.75) is 59.2 Å². The van der Waals surface area contributed by atoms with Gasteiger partial charge in [0.15, 0.2) is 0 Å². The summed E-state index contributed by atoms with van der Waals surface area (Å²) in [4.78, 5) is 2.36. The number of nitrogens with zero attached hydrogens (tertiary/aromatic N) is 1. The van der Waals surface area contributed by atoms with Crippen LogP contribution in [0.25, 0.3) is 0 Å². The zero-order valence-corrected chi connectivity index (χ0v) is 14.5. The zero-order valence-electron chi connectivity index (χ0n) is 14.5. The molecule has 0 bridgehead atoms. The lowest BCUT2D eigenvalue weighted by Crippen LogP contribution is -2.32. The minimum atomic E-state index is 0.216. The average molecular weight is 292 g/mol. The Hall–Kier alpha value is -1.06. The summed E-state index contributed by atoms with van der Waals surface area (Å²) in [6.45, 7) is 11.7. The molecule has 0 heterocycles. The highest BCUT2D eigenvalue weighted by molar-refractivity contribution is 5.29. The smallest absolute Gasteiger partial charge is 0.119 e. The van der Waals surface area contributed by atoms with Gasteiger partial charge < -0.3 is 10.5 Å². The molecule has 3 nitrogen and oxygen atoms in total. The van der Waals surface area contributed by atoms with Crippen LogP contribution in [0.3, 0.4) is 0 Å². The van der Waals surface area contributed by atoms with Gasteiger partial charge in [-0.2, -0.15) is 0 Å². The van der Waals surface area contributed by atoms with E-state index >= 15 is 0 Å². The first-order valence-electron chi connectivity index (χ1n) is 8.03. The van der Waals surface area contributed by atoms with E-state index in [9.17, 15) is 0 Å². The second-order valence-corrected chi connectivity index (χ2v) is 6.59. The first kappa shape index (κ1) is 18.0. The van der Waals surface area contributed by atoms with Crippen LogP contribution in [0.4, 0.5) is 0 Å². The molecule has 0 aromatic heterocycles. The summed E-state index contributed by atoms with van der Waals surface area (Å²) < 4.78 is 5.68. The normalized spacial score (nSPS) is 14.8. The van der Waals surface area contributed by atoms with E-state index in [4.69, 9.17) is 10.5 Å². The fourth-order valence-corrected chi connectivity index (χ4v) is 2.23. The van der Waals surface area contributed by atoms with Crippen molar-refractivity contribution < 1.29 is 4.74 Å². The van der Waals surface area contributed by atoms with Crippen molar-refractivity contribution in [1.82, 2.24) is 4.90 Å². The van der Waals surface area contributed by atoms with Crippen LogP contribution in [-0.2, 0) is 0 Å². The van der Waals surface area contributed by atoms with Gasteiger partial charge in [0.2, 0.25) is 0 Å². The fourth-order valence-electron chi connectivity index (χ4n) is 2.23. The Labute approximate surface area is 130 Å². The van der Waals surface area contributed by atoms with Gasteiger partial charge in [0.1, 0.15) is 5.75 Å². The molecule has 1 rings (SSSR count). The molecule has 120 valence electrons.